The topological polar surface area (TPSA) is 117 Å². The SMILES string of the molecule is CC1COc2c1c(-c1ccc3ncnn3c1)cc1nc(N)nc(N)c21. The molecular formula is C17H15N7O. The van der Waals surface area contributed by atoms with Crippen molar-refractivity contribution < 1.29 is 4.74 Å². The van der Waals surface area contributed by atoms with Gasteiger partial charge in [-0.05, 0) is 23.8 Å². The van der Waals surface area contributed by atoms with Gasteiger partial charge in [0.1, 0.15) is 17.9 Å². The average Bonchev–Trinajstić information content (AvgIpc) is 3.19. The van der Waals surface area contributed by atoms with Crippen LogP contribution in [0.2, 0.25) is 0 Å². The highest BCUT2D eigenvalue weighted by atomic mass is 16.5. The minimum absolute atomic E-state index is 0.147. The molecule has 8 nitrogen and oxygen atoms in total. The van der Waals surface area contributed by atoms with E-state index in [0.29, 0.717) is 17.9 Å². The van der Waals surface area contributed by atoms with Crippen molar-refractivity contribution >= 4 is 28.3 Å². The molecular weight excluding hydrogens is 318 g/mol. The van der Waals surface area contributed by atoms with Gasteiger partial charge in [0.15, 0.2) is 5.65 Å². The van der Waals surface area contributed by atoms with Crippen molar-refractivity contribution in [3.8, 4) is 16.9 Å². The molecule has 0 aliphatic carbocycles. The van der Waals surface area contributed by atoms with Gasteiger partial charge < -0.3 is 16.2 Å². The second kappa shape index (κ2) is 4.79. The Hall–Kier alpha value is -3.42. The van der Waals surface area contributed by atoms with Crippen LogP contribution in [-0.4, -0.2) is 31.2 Å². The molecule has 0 fully saturated rings. The lowest BCUT2D eigenvalue weighted by Crippen LogP contribution is -2.02. The number of hydrogen-bond donors (Lipinski definition) is 2. The number of pyridine rings is 1. The maximum Gasteiger partial charge on any atom is 0.222 e. The van der Waals surface area contributed by atoms with Gasteiger partial charge in [-0.3, -0.25) is 0 Å². The molecule has 0 saturated carbocycles. The molecule has 5 rings (SSSR count). The van der Waals surface area contributed by atoms with Crippen molar-refractivity contribution in [3.63, 3.8) is 0 Å². The summed E-state index contributed by atoms with van der Waals surface area (Å²) in [5.41, 5.74) is 16.5. The minimum Gasteiger partial charge on any atom is -0.492 e. The van der Waals surface area contributed by atoms with Crippen molar-refractivity contribution in [2.75, 3.05) is 18.1 Å². The predicted octanol–water partition coefficient (Wildman–Crippen LogP) is 2.00. The van der Waals surface area contributed by atoms with Crippen molar-refractivity contribution in [1.82, 2.24) is 24.6 Å². The highest BCUT2D eigenvalue weighted by Gasteiger charge is 2.29. The van der Waals surface area contributed by atoms with Crippen molar-refractivity contribution in [1.29, 1.82) is 0 Å². The number of aromatic nitrogens is 5. The number of nitrogen functional groups attached to an aromatic ring is 2. The van der Waals surface area contributed by atoms with E-state index in [-0.39, 0.29) is 11.9 Å². The third-order valence-electron chi connectivity index (χ3n) is 4.58. The Morgan fingerprint density at radius 3 is 3.00 bits per heavy atom. The first kappa shape index (κ1) is 14.0. The van der Waals surface area contributed by atoms with E-state index in [4.69, 9.17) is 16.2 Å². The molecule has 4 aromatic rings. The van der Waals surface area contributed by atoms with E-state index < -0.39 is 0 Å². The standard InChI is InChI=1S/C17H15N7O/c1-8-6-25-15-13(8)10(4-11-14(15)16(18)23-17(19)22-11)9-2-3-12-20-7-21-24(12)5-9/h2-5,7-8H,6H2,1H3,(H4,18,19,22,23). The summed E-state index contributed by atoms with van der Waals surface area (Å²) in [6.45, 7) is 2.72. The zero-order valence-corrected chi connectivity index (χ0v) is 13.5. The maximum atomic E-state index is 6.09. The molecule has 4 heterocycles. The first-order valence-corrected chi connectivity index (χ1v) is 7.94. The molecule has 25 heavy (non-hydrogen) atoms. The van der Waals surface area contributed by atoms with Gasteiger partial charge in [0.05, 0.1) is 17.5 Å². The lowest BCUT2D eigenvalue weighted by Gasteiger charge is -2.14. The fraction of sp³-hybridized carbons (Fsp3) is 0.176. The minimum atomic E-state index is 0.147. The van der Waals surface area contributed by atoms with Crippen molar-refractivity contribution in [3.05, 3.63) is 36.3 Å². The largest absolute Gasteiger partial charge is 0.492 e. The summed E-state index contributed by atoms with van der Waals surface area (Å²) in [4.78, 5) is 12.6. The van der Waals surface area contributed by atoms with E-state index in [1.807, 2.05) is 24.4 Å². The quantitative estimate of drug-likeness (QED) is 0.547. The van der Waals surface area contributed by atoms with E-state index in [2.05, 4.69) is 27.0 Å². The molecule has 3 aromatic heterocycles. The number of hydrogen-bond acceptors (Lipinski definition) is 7. The van der Waals surface area contributed by atoms with Crippen LogP contribution in [-0.2, 0) is 0 Å². The van der Waals surface area contributed by atoms with Crippen LogP contribution in [0.3, 0.4) is 0 Å². The van der Waals surface area contributed by atoms with Gasteiger partial charge in [0.2, 0.25) is 5.95 Å². The number of fused-ring (bicyclic) bond motifs is 4. The number of nitrogens with two attached hydrogens (primary N) is 2. The van der Waals surface area contributed by atoms with Gasteiger partial charge in [-0.2, -0.15) is 10.1 Å². The van der Waals surface area contributed by atoms with Crippen molar-refractivity contribution in [2.24, 2.45) is 0 Å². The summed E-state index contributed by atoms with van der Waals surface area (Å²) in [5, 5.41) is 4.94. The van der Waals surface area contributed by atoms with Gasteiger partial charge in [0, 0.05) is 23.2 Å². The summed E-state index contributed by atoms with van der Waals surface area (Å²) < 4.78 is 7.69. The van der Waals surface area contributed by atoms with E-state index in [9.17, 15) is 0 Å². The van der Waals surface area contributed by atoms with E-state index in [0.717, 1.165) is 33.5 Å². The Morgan fingerprint density at radius 1 is 1.24 bits per heavy atom. The first-order valence-electron chi connectivity index (χ1n) is 7.94. The molecule has 0 saturated heterocycles. The van der Waals surface area contributed by atoms with Crippen LogP contribution in [0.1, 0.15) is 18.4 Å². The molecule has 124 valence electrons. The van der Waals surface area contributed by atoms with E-state index in [1.54, 1.807) is 4.52 Å². The third kappa shape index (κ3) is 1.94. The Labute approximate surface area is 142 Å². The van der Waals surface area contributed by atoms with Gasteiger partial charge >= 0.3 is 0 Å². The monoisotopic (exact) mass is 333 g/mol. The highest BCUT2D eigenvalue weighted by molar-refractivity contribution is 6.00. The molecule has 8 heteroatoms. The molecule has 0 bridgehead atoms. The van der Waals surface area contributed by atoms with Crippen LogP contribution >= 0.6 is 0 Å². The molecule has 1 aromatic carbocycles. The van der Waals surface area contributed by atoms with Crippen LogP contribution in [0.4, 0.5) is 11.8 Å². The van der Waals surface area contributed by atoms with E-state index >= 15 is 0 Å². The summed E-state index contributed by atoms with van der Waals surface area (Å²) in [7, 11) is 0. The van der Waals surface area contributed by atoms with Crippen LogP contribution in [0.25, 0.3) is 27.7 Å². The van der Waals surface area contributed by atoms with Gasteiger partial charge in [0.25, 0.3) is 0 Å². The molecule has 1 aliphatic heterocycles. The van der Waals surface area contributed by atoms with Gasteiger partial charge in [-0.15, -0.1) is 0 Å². The Morgan fingerprint density at radius 2 is 2.12 bits per heavy atom. The summed E-state index contributed by atoms with van der Waals surface area (Å²) in [6.07, 6.45) is 3.48. The Balaban J connectivity index is 1.87. The molecule has 1 atom stereocenters. The summed E-state index contributed by atoms with van der Waals surface area (Å²) >= 11 is 0. The summed E-state index contributed by atoms with van der Waals surface area (Å²) in [5.74, 6) is 1.47. The fourth-order valence-electron chi connectivity index (χ4n) is 3.47. The Kier molecular flexibility index (Phi) is 2.68. The number of benzene rings is 1. The second-order valence-electron chi connectivity index (χ2n) is 6.22. The smallest absolute Gasteiger partial charge is 0.222 e. The number of anilines is 2. The zero-order chi connectivity index (χ0) is 17.1. The third-order valence-corrected chi connectivity index (χ3v) is 4.58. The number of rotatable bonds is 1. The van der Waals surface area contributed by atoms with Gasteiger partial charge in [-0.1, -0.05) is 6.92 Å². The van der Waals surface area contributed by atoms with Crippen LogP contribution in [0, 0.1) is 0 Å². The van der Waals surface area contributed by atoms with Crippen molar-refractivity contribution in [2.45, 2.75) is 12.8 Å². The normalized spacial score (nSPS) is 16.3. The second-order valence-corrected chi connectivity index (χ2v) is 6.22. The Bertz CT molecular complexity index is 1150. The van der Waals surface area contributed by atoms with Gasteiger partial charge in [-0.25, -0.2) is 14.5 Å². The molecule has 1 unspecified atom stereocenters. The van der Waals surface area contributed by atoms with E-state index in [1.165, 1.54) is 6.33 Å². The lowest BCUT2D eigenvalue weighted by molar-refractivity contribution is 0.340. The van der Waals surface area contributed by atoms with Crippen LogP contribution in [0.5, 0.6) is 5.75 Å². The molecule has 0 amide bonds. The molecule has 1 aliphatic rings. The zero-order valence-electron chi connectivity index (χ0n) is 13.5. The lowest BCUT2D eigenvalue weighted by atomic mass is 9.91. The maximum absolute atomic E-state index is 6.09. The highest BCUT2D eigenvalue weighted by Crippen LogP contribution is 2.46. The molecule has 0 radical (unpaired) electrons. The molecule has 0 spiro atoms. The number of ether oxygens (including phenoxy) is 1. The fourth-order valence-corrected chi connectivity index (χ4v) is 3.47. The van der Waals surface area contributed by atoms with Crippen LogP contribution < -0.4 is 16.2 Å². The van der Waals surface area contributed by atoms with Crippen LogP contribution in [0.15, 0.2) is 30.7 Å². The summed E-state index contributed by atoms with van der Waals surface area (Å²) in [6, 6.07) is 5.94. The predicted molar refractivity (Wildman–Crippen MR) is 94.3 cm³/mol. The first-order chi connectivity index (χ1) is 12.1. The average molecular weight is 333 g/mol. The molecule has 4 N–H and O–H groups in total. The number of nitrogens with zero attached hydrogens (tertiary/aromatic N) is 5.